The largest absolute Gasteiger partial charge is 0.466 e. The number of hydrogen-bond acceptors (Lipinski definition) is 4. The van der Waals surface area contributed by atoms with E-state index < -0.39 is 0 Å². The average molecular weight is 271 g/mol. The number of carbonyl (C=O) groups excluding carboxylic acids is 2. The summed E-state index contributed by atoms with van der Waals surface area (Å²) in [6.07, 6.45) is 4.73. The Hall–Kier alpha value is -1.26. The molecule has 0 aliphatic carbocycles. The van der Waals surface area contributed by atoms with E-state index in [9.17, 15) is 9.59 Å². The summed E-state index contributed by atoms with van der Waals surface area (Å²) in [7, 11) is 0. The predicted molar refractivity (Wildman–Crippen MR) is 71.9 cm³/mol. The molecule has 1 unspecified atom stereocenters. The first kappa shape index (κ1) is 15.8. The van der Waals surface area contributed by atoms with Crippen LogP contribution in [0.1, 0.15) is 52.4 Å². The zero-order valence-corrected chi connectivity index (χ0v) is 12.0. The van der Waals surface area contributed by atoms with Gasteiger partial charge in [0.15, 0.2) is 0 Å². The van der Waals surface area contributed by atoms with Crippen molar-refractivity contribution in [2.45, 2.75) is 58.4 Å². The van der Waals surface area contributed by atoms with Gasteiger partial charge in [0.25, 0.3) is 0 Å². The normalized spacial score (nSPS) is 19.1. The topological polar surface area (TPSA) is 55.8 Å². The monoisotopic (exact) mass is 271 g/mol. The third-order valence-corrected chi connectivity index (χ3v) is 3.29. The van der Waals surface area contributed by atoms with E-state index in [1.165, 1.54) is 0 Å². The van der Waals surface area contributed by atoms with Crippen LogP contribution in [0.2, 0.25) is 0 Å². The van der Waals surface area contributed by atoms with Gasteiger partial charge in [0.2, 0.25) is 0 Å². The van der Waals surface area contributed by atoms with Crippen LogP contribution in [-0.4, -0.2) is 42.8 Å². The Morgan fingerprint density at radius 2 is 2.00 bits per heavy atom. The second-order valence-electron chi connectivity index (χ2n) is 4.82. The van der Waals surface area contributed by atoms with Crippen molar-refractivity contribution in [3.8, 4) is 0 Å². The molecule has 1 rings (SSSR count). The summed E-state index contributed by atoms with van der Waals surface area (Å²) in [5.41, 5.74) is 0. The minimum Gasteiger partial charge on any atom is -0.466 e. The summed E-state index contributed by atoms with van der Waals surface area (Å²) in [5.74, 6) is -0.235. The van der Waals surface area contributed by atoms with E-state index >= 15 is 0 Å². The van der Waals surface area contributed by atoms with Crippen molar-refractivity contribution in [3.05, 3.63) is 0 Å². The zero-order chi connectivity index (χ0) is 14.1. The molecule has 0 N–H and O–H groups in total. The number of likely N-dealkylation sites (tertiary alicyclic amines) is 1. The highest BCUT2D eigenvalue weighted by Gasteiger charge is 2.29. The van der Waals surface area contributed by atoms with Gasteiger partial charge in [-0.05, 0) is 32.6 Å². The molecule has 0 radical (unpaired) electrons. The molecule has 19 heavy (non-hydrogen) atoms. The zero-order valence-electron chi connectivity index (χ0n) is 12.0. The maximum atomic E-state index is 12.0. The van der Waals surface area contributed by atoms with E-state index in [4.69, 9.17) is 9.47 Å². The second-order valence-corrected chi connectivity index (χ2v) is 4.82. The summed E-state index contributed by atoms with van der Waals surface area (Å²) < 4.78 is 10.2. The standard InChI is InChI=1S/C14H25NO4/c1-3-5-10-19-14(17)15-9-7-6-8-12(15)11-13(16)18-4-2/h12H,3-11H2,1-2H3. The van der Waals surface area contributed by atoms with Crippen molar-refractivity contribution >= 4 is 12.1 Å². The molecular weight excluding hydrogens is 246 g/mol. The number of carbonyl (C=O) groups is 2. The minimum absolute atomic E-state index is 0.0677. The Labute approximate surface area is 115 Å². The van der Waals surface area contributed by atoms with E-state index in [1.807, 2.05) is 0 Å². The van der Waals surface area contributed by atoms with Gasteiger partial charge in [-0.25, -0.2) is 4.79 Å². The molecule has 1 atom stereocenters. The van der Waals surface area contributed by atoms with Crippen molar-refractivity contribution in [2.24, 2.45) is 0 Å². The van der Waals surface area contributed by atoms with Gasteiger partial charge >= 0.3 is 12.1 Å². The van der Waals surface area contributed by atoms with Gasteiger partial charge < -0.3 is 14.4 Å². The number of ether oxygens (including phenoxy) is 2. The smallest absolute Gasteiger partial charge is 0.410 e. The molecule has 1 amide bonds. The van der Waals surface area contributed by atoms with E-state index in [2.05, 4.69) is 6.92 Å². The SMILES string of the molecule is CCCCOC(=O)N1CCCCC1CC(=O)OCC. The number of nitrogens with zero attached hydrogens (tertiary/aromatic N) is 1. The van der Waals surface area contributed by atoms with E-state index in [0.29, 0.717) is 19.8 Å². The third kappa shape index (κ3) is 5.49. The van der Waals surface area contributed by atoms with Crippen LogP contribution in [0.3, 0.4) is 0 Å². The number of rotatable bonds is 6. The van der Waals surface area contributed by atoms with Gasteiger partial charge in [0.1, 0.15) is 0 Å². The molecule has 1 heterocycles. The van der Waals surface area contributed by atoms with Crippen LogP contribution < -0.4 is 0 Å². The molecular formula is C14H25NO4. The van der Waals surface area contributed by atoms with E-state index in [1.54, 1.807) is 11.8 Å². The summed E-state index contributed by atoms with van der Waals surface area (Å²) in [6, 6.07) is -0.0677. The van der Waals surface area contributed by atoms with E-state index in [0.717, 1.165) is 32.1 Å². The Balaban J connectivity index is 2.46. The first-order valence-electron chi connectivity index (χ1n) is 7.28. The molecule has 1 fully saturated rings. The minimum atomic E-state index is -0.289. The Morgan fingerprint density at radius 3 is 2.68 bits per heavy atom. The van der Waals surface area contributed by atoms with Crippen molar-refractivity contribution < 1.29 is 19.1 Å². The molecule has 5 nitrogen and oxygen atoms in total. The van der Waals surface area contributed by atoms with Gasteiger partial charge in [-0.1, -0.05) is 13.3 Å². The highest BCUT2D eigenvalue weighted by molar-refractivity contribution is 5.73. The number of hydrogen-bond donors (Lipinski definition) is 0. The molecule has 0 aromatic carbocycles. The fraction of sp³-hybridized carbons (Fsp3) is 0.857. The molecule has 5 heteroatoms. The van der Waals surface area contributed by atoms with Crippen LogP contribution in [0, 0.1) is 0 Å². The van der Waals surface area contributed by atoms with Crippen LogP contribution in [0.4, 0.5) is 4.79 Å². The summed E-state index contributed by atoms with van der Waals surface area (Å²) in [5, 5.41) is 0. The lowest BCUT2D eigenvalue weighted by molar-refractivity contribution is -0.144. The van der Waals surface area contributed by atoms with Crippen molar-refractivity contribution in [1.82, 2.24) is 4.90 Å². The van der Waals surface area contributed by atoms with E-state index in [-0.39, 0.29) is 24.5 Å². The lowest BCUT2D eigenvalue weighted by atomic mass is 10.00. The summed E-state index contributed by atoms with van der Waals surface area (Å²) in [6.45, 7) is 5.35. The van der Waals surface area contributed by atoms with Crippen LogP contribution in [0.15, 0.2) is 0 Å². The van der Waals surface area contributed by atoms with Crippen LogP contribution in [0.25, 0.3) is 0 Å². The predicted octanol–water partition coefficient (Wildman–Crippen LogP) is 2.73. The molecule has 1 aliphatic heterocycles. The maximum Gasteiger partial charge on any atom is 0.410 e. The number of piperidine rings is 1. The number of amides is 1. The summed E-state index contributed by atoms with van der Waals surface area (Å²) >= 11 is 0. The van der Waals surface area contributed by atoms with Crippen LogP contribution in [0.5, 0.6) is 0 Å². The van der Waals surface area contributed by atoms with Gasteiger partial charge in [-0.15, -0.1) is 0 Å². The molecule has 0 spiro atoms. The number of esters is 1. The molecule has 1 aliphatic rings. The number of unbranched alkanes of at least 4 members (excludes halogenated alkanes) is 1. The molecule has 1 saturated heterocycles. The molecule has 0 aromatic heterocycles. The Morgan fingerprint density at radius 1 is 1.21 bits per heavy atom. The quantitative estimate of drug-likeness (QED) is 0.550. The van der Waals surface area contributed by atoms with Gasteiger partial charge in [-0.3, -0.25) is 4.79 Å². The first-order valence-corrected chi connectivity index (χ1v) is 7.28. The summed E-state index contributed by atoms with van der Waals surface area (Å²) in [4.78, 5) is 25.2. The van der Waals surface area contributed by atoms with Gasteiger partial charge in [-0.2, -0.15) is 0 Å². The lowest BCUT2D eigenvalue weighted by Crippen LogP contribution is -2.45. The van der Waals surface area contributed by atoms with Gasteiger partial charge in [0.05, 0.1) is 19.6 Å². The van der Waals surface area contributed by atoms with Crippen molar-refractivity contribution in [3.63, 3.8) is 0 Å². The molecule has 0 bridgehead atoms. The fourth-order valence-corrected chi connectivity index (χ4v) is 2.25. The third-order valence-electron chi connectivity index (χ3n) is 3.29. The second kappa shape index (κ2) is 8.77. The fourth-order valence-electron chi connectivity index (χ4n) is 2.25. The first-order chi connectivity index (χ1) is 9.19. The maximum absolute atomic E-state index is 12.0. The average Bonchev–Trinajstić information content (AvgIpc) is 2.39. The molecule has 110 valence electrons. The Kier molecular flexibility index (Phi) is 7.30. The van der Waals surface area contributed by atoms with Crippen LogP contribution in [-0.2, 0) is 14.3 Å². The molecule has 0 aromatic rings. The lowest BCUT2D eigenvalue weighted by Gasteiger charge is -2.34. The van der Waals surface area contributed by atoms with Gasteiger partial charge in [0, 0.05) is 12.6 Å². The molecule has 0 saturated carbocycles. The van der Waals surface area contributed by atoms with Crippen molar-refractivity contribution in [2.75, 3.05) is 19.8 Å². The van der Waals surface area contributed by atoms with Crippen molar-refractivity contribution in [1.29, 1.82) is 0 Å². The van der Waals surface area contributed by atoms with Crippen LogP contribution >= 0.6 is 0 Å². The highest BCUT2D eigenvalue weighted by atomic mass is 16.6. The Bertz CT molecular complexity index is 293. The highest BCUT2D eigenvalue weighted by Crippen LogP contribution is 2.21.